The monoisotopic (exact) mass is 290 g/mol. The fourth-order valence-electron chi connectivity index (χ4n) is 2.29. The van der Waals surface area contributed by atoms with Gasteiger partial charge in [-0.2, -0.15) is 0 Å². The van der Waals surface area contributed by atoms with E-state index in [0.717, 1.165) is 0 Å². The van der Waals surface area contributed by atoms with Gasteiger partial charge < -0.3 is 5.11 Å². The van der Waals surface area contributed by atoms with E-state index >= 15 is 0 Å². The maximum atomic E-state index is 14.1. The van der Waals surface area contributed by atoms with E-state index in [1.54, 1.807) is 27.7 Å². The van der Waals surface area contributed by atoms with Gasteiger partial charge in [-0.1, -0.05) is 39.3 Å². The van der Waals surface area contributed by atoms with Gasteiger partial charge in [0.05, 0.1) is 6.42 Å². The van der Waals surface area contributed by atoms with E-state index < -0.39 is 29.0 Å². The lowest BCUT2D eigenvalue weighted by atomic mass is 9.86. The van der Waals surface area contributed by atoms with Crippen molar-refractivity contribution in [3.05, 3.63) is 33.3 Å². The minimum absolute atomic E-state index is 0.192. The van der Waals surface area contributed by atoms with Crippen molar-refractivity contribution < 1.29 is 18.7 Å². The second kappa shape index (κ2) is 5.87. The molecule has 0 spiro atoms. The molecule has 1 N–H and O–H groups in total. The Hall–Kier alpha value is -1.16. The molecule has 0 saturated carbocycles. The van der Waals surface area contributed by atoms with Crippen molar-refractivity contribution in [2.45, 2.75) is 46.0 Å². The summed E-state index contributed by atoms with van der Waals surface area (Å²) in [4.78, 5) is 10.9. The van der Waals surface area contributed by atoms with Gasteiger partial charge in [-0.3, -0.25) is 4.79 Å². The van der Waals surface area contributed by atoms with Crippen LogP contribution >= 0.6 is 11.6 Å². The maximum Gasteiger partial charge on any atom is 0.307 e. The highest BCUT2D eigenvalue weighted by Crippen LogP contribution is 2.37. The van der Waals surface area contributed by atoms with Crippen LogP contribution < -0.4 is 0 Å². The fourth-order valence-corrected chi connectivity index (χ4v) is 2.49. The van der Waals surface area contributed by atoms with Crippen LogP contribution in [0.25, 0.3) is 0 Å². The zero-order valence-corrected chi connectivity index (χ0v) is 12.1. The van der Waals surface area contributed by atoms with Crippen LogP contribution in [-0.4, -0.2) is 11.1 Å². The van der Waals surface area contributed by atoms with Gasteiger partial charge in [-0.15, -0.1) is 0 Å². The second-order valence-electron chi connectivity index (χ2n) is 5.13. The Balaban J connectivity index is 3.74. The van der Waals surface area contributed by atoms with Crippen LogP contribution in [0.4, 0.5) is 8.78 Å². The van der Waals surface area contributed by atoms with Crippen molar-refractivity contribution in [3.63, 3.8) is 0 Å². The number of hydrogen-bond donors (Lipinski definition) is 1. The highest BCUT2D eigenvalue weighted by Gasteiger charge is 2.27. The first-order chi connectivity index (χ1) is 8.68. The summed E-state index contributed by atoms with van der Waals surface area (Å²) < 4.78 is 28.2. The smallest absolute Gasteiger partial charge is 0.307 e. The molecule has 0 radical (unpaired) electrons. The quantitative estimate of drug-likeness (QED) is 0.830. The van der Waals surface area contributed by atoms with Crippen LogP contribution in [0.1, 0.15) is 56.2 Å². The number of carboxylic acids is 1. The summed E-state index contributed by atoms with van der Waals surface area (Å²) in [5, 5.41) is 8.40. The van der Waals surface area contributed by atoms with Gasteiger partial charge in [0.25, 0.3) is 0 Å². The molecule has 1 rings (SSSR count). The van der Waals surface area contributed by atoms with Gasteiger partial charge in [-0.05, 0) is 28.5 Å². The summed E-state index contributed by atoms with van der Waals surface area (Å²) in [5.41, 5.74) is 0.590. The van der Waals surface area contributed by atoms with E-state index in [4.69, 9.17) is 16.7 Å². The SMILES string of the molecule is CC(C)c1c(F)c(Cl)c(F)c(C(C)C)c1CC(=O)O. The number of halogens is 3. The summed E-state index contributed by atoms with van der Waals surface area (Å²) in [7, 11) is 0. The van der Waals surface area contributed by atoms with Gasteiger partial charge in [0.15, 0.2) is 0 Å². The van der Waals surface area contributed by atoms with E-state index in [9.17, 15) is 13.6 Å². The van der Waals surface area contributed by atoms with Crippen molar-refractivity contribution in [1.29, 1.82) is 0 Å². The molecule has 0 heterocycles. The Morgan fingerprint density at radius 3 is 1.74 bits per heavy atom. The van der Waals surface area contributed by atoms with E-state index in [1.807, 2.05) is 0 Å². The van der Waals surface area contributed by atoms with Crippen molar-refractivity contribution >= 4 is 17.6 Å². The molecule has 0 aliphatic carbocycles. The number of carboxylic acid groups (broad SMARTS) is 1. The molecule has 0 aliphatic rings. The lowest BCUT2D eigenvalue weighted by Crippen LogP contribution is -2.14. The van der Waals surface area contributed by atoms with Gasteiger partial charge in [0.1, 0.15) is 16.7 Å². The van der Waals surface area contributed by atoms with Crippen LogP contribution in [0, 0.1) is 11.6 Å². The number of rotatable bonds is 4. The van der Waals surface area contributed by atoms with Crippen LogP contribution in [0.3, 0.4) is 0 Å². The lowest BCUT2D eigenvalue weighted by molar-refractivity contribution is -0.136. The number of carbonyl (C=O) groups is 1. The molecule has 1 aromatic rings. The second-order valence-corrected chi connectivity index (χ2v) is 5.51. The number of aliphatic carboxylic acids is 1. The third-order valence-corrected chi connectivity index (χ3v) is 3.32. The largest absolute Gasteiger partial charge is 0.481 e. The Labute approximate surface area is 116 Å². The molecule has 0 fully saturated rings. The van der Waals surface area contributed by atoms with Crippen molar-refractivity contribution in [3.8, 4) is 0 Å². The van der Waals surface area contributed by atoms with Crippen LogP contribution in [0.5, 0.6) is 0 Å². The Morgan fingerprint density at radius 1 is 1.11 bits per heavy atom. The maximum absolute atomic E-state index is 14.1. The Morgan fingerprint density at radius 2 is 1.47 bits per heavy atom. The first kappa shape index (κ1) is 15.9. The van der Waals surface area contributed by atoms with Gasteiger partial charge >= 0.3 is 5.97 Å². The minimum Gasteiger partial charge on any atom is -0.481 e. The van der Waals surface area contributed by atoms with Gasteiger partial charge in [0, 0.05) is 0 Å². The summed E-state index contributed by atoms with van der Waals surface area (Å²) >= 11 is 5.69. The molecule has 0 amide bonds. The standard InChI is InChI=1S/C14H17ClF2O2/c1-6(2)10-8(5-9(18)19)11(7(3)4)14(17)12(15)13(10)16/h6-7H,5H2,1-4H3,(H,18,19). The van der Waals surface area contributed by atoms with Crippen LogP contribution in [-0.2, 0) is 11.2 Å². The topological polar surface area (TPSA) is 37.3 Å². The zero-order chi connectivity index (χ0) is 14.9. The average molecular weight is 291 g/mol. The molecule has 0 aliphatic heterocycles. The zero-order valence-electron chi connectivity index (χ0n) is 11.4. The highest BCUT2D eigenvalue weighted by atomic mass is 35.5. The fraction of sp³-hybridized carbons (Fsp3) is 0.500. The molecule has 0 bridgehead atoms. The van der Waals surface area contributed by atoms with Crippen molar-refractivity contribution in [2.75, 3.05) is 0 Å². The molecule has 0 atom stereocenters. The van der Waals surface area contributed by atoms with Crippen LogP contribution in [0.15, 0.2) is 0 Å². The molecule has 0 unspecified atom stereocenters. The summed E-state index contributed by atoms with van der Waals surface area (Å²) in [5.74, 6) is -3.37. The molecule has 0 saturated heterocycles. The molecule has 2 nitrogen and oxygen atoms in total. The molecule has 106 valence electrons. The predicted octanol–water partition coefficient (Wildman–Crippen LogP) is 4.49. The molecule has 1 aromatic carbocycles. The lowest BCUT2D eigenvalue weighted by Gasteiger charge is -2.21. The van der Waals surface area contributed by atoms with E-state index in [0.29, 0.717) is 0 Å². The highest BCUT2D eigenvalue weighted by molar-refractivity contribution is 6.31. The molecule has 5 heteroatoms. The third kappa shape index (κ3) is 3.06. The molecule has 19 heavy (non-hydrogen) atoms. The first-order valence-electron chi connectivity index (χ1n) is 6.09. The van der Waals surface area contributed by atoms with Crippen LogP contribution in [0.2, 0.25) is 5.02 Å². The summed E-state index contributed by atoms with van der Waals surface area (Å²) in [6.45, 7) is 6.90. The van der Waals surface area contributed by atoms with Crippen molar-refractivity contribution in [1.82, 2.24) is 0 Å². The Bertz CT molecular complexity index is 476. The van der Waals surface area contributed by atoms with E-state index in [2.05, 4.69) is 0 Å². The molecular weight excluding hydrogens is 274 g/mol. The van der Waals surface area contributed by atoms with Gasteiger partial charge in [-0.25, -0.2) is 8.78 Å². The summed E-state index contributed by atoms with van der Waals surface area (Å²) in [6, 6.07) is 0. The van der Waals surface area contributed by atoms with Crippen molar-refractivity contribution in [2.24, 2.45) is 0 Å². The minimum atomic E-state index is -1.12. The molecule has 0 aromatic heterocycles. The summed E-state index contributed by atoms with van der Waals surface area (Å²) in [6.07, 6.45) is -0.411. The Kier molecular flexibility index (Phi) is 4.91. The first-order valence-corrected chi connectivity index (χ1v) is 6.47. The predicted molar refractivity (Wildman–Crippen MR) is 70.9 cm³/mol. The third-order valence-electron chi connectivity index (χ3n) is 2.99. The molecular formula is C14H17ClF2O2. The van der Waals surface area contributed by atoms with E-state index in [-0.39, 0.29) is 28.5 Å². The van der Waals surface area contributed by atoms with E-state index in [1.165, 1.54) is 0 Å². The number of benzene rings is 1. The normalized spacial score (nSPS) is 11.4. The average Bonchev–Trinajstić information content (AvgIpc) is 2.24. The number of hydrogen-bond acceptors (Lipinski definition) is 1. The van der Waals surface area contributed by atoms with Gasteiger partial charge in [0.2, 0.25) is 0 Å².